The molecule has 0 fully saturated rings. The quantitative estimate of drug-likeness (QED) is 0.686. The minimum absolute atomic E-state index is 0. The highest BCUT2D eigenvalue weighted by atomic mass is 35.5. The second kappa shape index (κ2) is 11.0. The Morgan fingerprint density at radius 1 is 1.14 bits per heavy atom. The maximum atomic E-state index is 11.7. The van der Waals surface area contributed by atoms with Crippen molar-refractivity contribution < 1.29 is 9.59 Å². The zero-order valence-corrected chi connectivity index (χ0v) is 14.0. The monoisotopic (exact) mass is 327 g/mol. The van der Waals surface area contributed by atoms with E-state index in [0.717, 1.165) is 24.1 Å². The molecule has 1 rings (SSSR count). The Balaban J connectivity index is 0.00000441. The Morgan fingerprint density at radius 2 is 1.77 bits per heavy atom. The van der Waals surface area contributed by atoms with E-state index in [1.807, 2.05) is 38.1 Å². The second-order valence-corrected chi connectivity index (χ2v) is 5.11. The maximum Gasteiger partial charge on any atom is 0.237 e. The molecule has 0 saturated heterocycles. The number of anilines is 1. The summed E-state index contributed by atoms with van der Waals surface area (Å²) >= 11 is 0. The molecule has 0 aliphatic carbocycles. The summed E-state index contributed by atoms with van der Waals surface area (Å²) < 4.78 is 0. The molecular formula is C16H26ClN3O2. The second-order valence-electron chi connectivity index (χ2n) is 5.11. The van der Waals surface area contributed by atoms with Gasteiger partial charge in [0, 0.05) is 18.7 Å². The first-order chi connectivity index (χ1) is 10.1. The lowest BCUT2D eigenvalue weighted by Crippen LogP contribution is -2.40. The number of nitrogens with two attached hydrogens (primary N) is 1. The molecule has 5 nitrogen and oxygen atoms in total. The molecule has 0 radical (unpaired) electrons. The summed E-state index contributed by atoms with van der Waals surface area (Å²) in [6.07, 6.45) is 2.93. The first-order valence-electron chi connectivity index (χ1n) is 7.48. The van der Waals surface area contributed by atoms with Gasteiger partial charge in [0.05, 0.1) is 6.04 Å². The zero-order chi connectivity index (χ0) is 15.7. The van der Waals surface area contributed by atoms with Gasteiger partial charge in [0.25, 0.3) is 0 Å². The average molecular weight is 328 g/mol. The van der Waals surface area contributed by atoms with Crippen molar-refractivity contribution in [2.24, 2.45) is 5.73 Å². The van der Waals surface area contributed by atoms with Crippen LogP contribution in [0.2, 0.25) is 0 Å². The van der Waals surface area contributed by atoms with E-state index in [-0.39, 0.29) is 24.2 Å². The van der Waals surface area contributed by atoms with Crippen molar-refractivity contribution >= 4 is 29.9 Å². The highest BCUT2D eigenvalue weighted by Crippen LogP contribution is 2.10. The molecule has 1 atom stereocenters. The molecule has 1 unspecified atom stereocenters. The van der Waals surface area contributed by atoms with Crippen LogP contribution < -0.4 is 16.4 Å². The first kappa shape index (κ1) is 20.4. The van der Waals surface area contributed by atoms with Crippen LogP contribution in [0.4, 0.5) is 5.69 Å². The number of carbonyl (C=O) groups excluding carboxylic acids is 2. The summed E-state index contributed by atoms with van der Waals surface area (Å²) in [7, 11) is 0. The molecule has 22 heavy (non-hydrogen) atoms. The normalized spacial score (nSPS) is 11.2. The van der Waals surface area contributed by atoms with Crippen LogP contribution in [-0.2, 0) is 16.1 Å². The molecule has 6 heteroatoms. The van der Waals surface area contributed by atoms with Crippen LogP contribution in [0.25, 0.3) is 0 Å². The molecule has 1 aromatic rings. The molecule has 0 saturated carbocycles. The van der Waals surface area contributed by atoms with E-state index in [0.29, 0.717) is 19.4 Å². The van der Waals surface area contributed by atoms with Gasteiger partial charge in [-0.1, -0.05) is 32.4 Å². The Kier molecular flexibility index (Phi) is 10.2. The van der Waals surface area contributed by atoms with Gasteiger partial charge in [0.15, 0.2) is 0 Å². The van der Waals surface area contributed by atoms with Gasteiger partial charge in [-0.25, -0.2) is 0 Å². The van der Waals surface area contributed by atoms with Gasteiger partial charge in [-0.3, -0.25) is 9.59 Å². The summed E-state index contributed by atoms with van der Waals surface area (Å²) in [6, 6.07) is 6.99. The van der Waals surface area contributed by atoms with E-state index in [4.69, 9.17) is 5.73 Å². The Bertz CT molecular complexity index is 463. The largest absolute Gasteiger partial charge is 0.351 e. The highest BCUT2D eigenvalue weighted by molar-refractivity contribution is 5.90. The molecule has 0 bridgehead atoms. The molecule has 124 valence electrons. The Labute approximate surface area is 138 Å². The van der Waals surface area contributed by atoms with Crippen LogP contribution >= 0.6 is 12.4 Å². The number of amides is 2. The standard InChI is InChI=1S/C16H25N3O2.ClH/c1-3-5-14(17)16(21)18-11-12-7-9-13(10-8-12)19-15(20)6-4-2;/h7-10,14H,3-6,11,17H2,1-2H3,(H,18,21)(H,19,20);1H. The summed E-state index contributed by atoms with van der Waals surface area (Å²) in [4.78, 5) is 23.2. The topological polar surface area (TPSA) is 84.2 Å². The zero-order valence-electron chi connectivity index (χ0n) is 13.2. The van der Waals surface area contributed by atoms with Crippen LogP contribution in [-0.4, -0.2) is 17.9 Å². The minimum atomic E-state index is -0.442. The fraction of sp³-hybridized carbons (Fsp3) is 0.500. The molecule has 0 heterocycles. The number of nitrogens with one attached hydrogen (secondary N) is 2. The molecule has 2 amide bonds. The number of rotatable bonds is 8. The van der Waals surface area contributed by atoms with Gasteiger partial charge in [-0.15, -0.1) is 12.4 Å². The number of hydrogen-bond donors (Lipinski definition) is 3. The minimum Gasteiger partial charge on any atom is -0.351 e. The van der Waals surface area contributed by atoms with Crippen molar-refractivity contribution in [3.8, 4) is 0 Å². The van der Waals surface area contributed by atoms with Gasteiger partial charge < -0.3 is 16.4 Å². The molecule has 0 aliphatic heterocycles. The van der Waals surface area contributed by atoms with Crippen molar-refractivity contribution in [1.29, 1.82) is 0 Å². The van der Waals surface area contributed by atoms with Gasteiger partial charge >= 0.3 is 0 Å². The lowest BCUT2D eigenvalue weighted by atomic mass is 10.1. The van der Waals surface area contributed by atoms with Crippen LogP contribution in [0.3, 0.4) is 0 Å². The highest BCUT2D eigenvalue weighted by Gasteiger charge is 2.11. The fourth-order valence-corrected chi connectivity index (χ4v) is 1.92. The Morgan fingerprint density at radius 3 is 2.32 bits per heavy atom. The van der Waals surface area contributed by atoms with E-state index >= 15 is 0 Å². The third-order valence-corrected chi connectivity index (χ3v) is 3.12. The fourth-order valence-electron chi connectivity index (χ4n) is 1.92. The van der Waals surface area contributed by atoms with Gasteiger partial charge in [0.1, 0.15) is 0 Å². The van der Waals surface area contributed by atoms with Gasteiger partial charge in [-0.2, -0.15) is 0 Å². The van der Waals surface area contributed by atoms with Crippen LogP contribution in [0, 0.1) is 0 Å². The van der Waals surface area contributed by atoms with Gasteiger partial charge in [0.2, 0.25) is 11.8 Å². The molecule has 0 aromatic heterocycles. The first-order valence-corrected chi connectivity index (χ1v) is 7.48. The summed E-state index contributed by atoms with van der Waals surface area (Å²) in [6.45, 7) is 4.41. The third kappa shape index (κ3) is 7.43. The lowest BCUT2D eigenvalue weighted by molar-refractivity contribution is -0.122. The van der Waals surface area contributed by atoms with Crippen LogP contribution in [0.15, 0.2) is 24.3 Å². The third-order valence-electron chi connectivity index (χ3n) is 3.12. The van der Waals surface area contributed by atoms with Crippen LogP contribution in [0.1, 0.15) is 45.1 Å². The Hall–Kier alpha value is -1.59. The number of hydrogen-bond acceptors (Lipinski definition) is 3. The summed E-state index contributed by atoms with van der Waals surface area (Å²) in [5.41, 5.74) is 7.48. The molecule has 1 aromatic carbocycles. The van der Waals surface area contributed by atoms with E-state index < -0.39 is 6.04 Å². The summed E-state index contributed by atoms with van der Waals surface area (Å²) in [5.74, 6) is -0.110. The van der Waals surface area contributed by atoms with Gasteiger partial charge in [-0.05, 0) is 30.5 Å². The van der Waals surface area contributed by atoms with Crippen molar-refractivity contribution in [2.75, 3.05) is 5.32 Å². The predicted molar refractivity (Wildman–Crippen MR) is 92.0 cm³/mol. The van der Waals surface area contributed by atoms with Crippen molar-refractivity contribution in [1.82, 2.24) is 5.32 Å². The SMILES string of the molecule is CCCC(=O)Nc1ccc(CNC(=O)C(N)CCC)cc1.Cl. The average Bonchev–Trinajstić information content (AvgIpc) is 2.46. The lowest BCUT2D eigenvalue weighted by Gasteiger charge is -2.11. The van der Waals surface area contributed by atoms with Crippen molar-refractivity contribution in [3.05, 3.63) is 29.8 Å². The van der Waals surface area contributed by atoms with Crippen molar-refractivity contribution in [3.63, 3.8) is 0 Å². The van der Waals surface area contributed by atoms with Crippen LogP contribution in [0.5, 0.6) is 0 Å². The smallest absolute Gasteiger partial charge is 0.237 e. The molecule has 4 N–H and O–H groups in total. The molecule has 0 aliphatic rings. The van der Waals surface area contributed by atoms with E-state index in [1.54, 1.807) is 0 Å². The van der Waals surface area contributed by atoms with Crippen molar-refractivity contribution in [2.45, 2.75) is 52.1 Å². The van der Waals surface area contributed by atoms with E-state index in [2.05, 4.69) is 10.6 Å². The van der Waals surface area contributed by atoms with E-state index in [1.165, 1.54) is 0 Å². The number of halogens is 1. The summed E-state index contributed by atoms with van der Waals surface area (Å²) in [5, 5.41) is 5.64. The number of benzene rings is 1. The maximum absolute atomic E-state index is 11.7. The predicted octanol–water partition coefficient (Wildman–Crippen LogP) is 2.59. The molecule has 0 spiro atoms. The van der Waals surface area contributed by atoms with E-state index in [9.17, 15) is 9.59 Å². The molecular weight excluding hydrogens is 302 g/mol. The number of carbonyl (C=O) groups is 2.